The lowest BCUT2D eigenvalue weighted by Crippen LogP contribution is -2.52. The monoisotopic (exact) mass is 421 g/mol. The van der Waals surface area contributed by atoms with Gasteiger partial charge in [0.15, 0.2) is 0 Å². The molecule has 8 heteroatoms. The maximum absolute atomic E-state index is 12.8. The van der Waals surface area contributed by atoms with Crippen LogP contribution in [0.4, 0.5) is 5.69 Å². The molecule has 1 unspecified atom stereocenters. The highest BCUT2D eigenvalue weighted by molar-refractivity contribution is 6.06. The lowest BCUT2D eigenvalue weighted by molar-refractivity contribution is -0.137. The van der Waals surface area contributed by atoms with Gasteiger partial charge in [0.25, 0.3) is 5.91 Å². The summed E-state index contributed by atoms with van der Waals surface area (Å²) in [7, 11) is 0. The molecule has 4 amide bonds. The Labute approximate surface area is 179 Å². The Balaban J connectivity index is 1.39. The van der Waals surface area contributed by atoms with Crippen molar-refractivity contribution in [3.63, 3.8) is 0 Å². The van der Waals surface area contributed by atoms with Crippen molar-refractivity contribution in [3.8, 4) is 5.75 Å². The first kappa shape index (κ1) is 20.6. The number of piperidine rings is 1. The topological polar surface area (TPSA) is 105 Å². The Morgan fingerprint density at radius 1 is 1.16 bits per heavy atom. The number of benzene rings is 2. The van der Waals surface area contributed by atoms with Crippen LogP contribution >= 0.6 is 0 Å². The normalized spacial score (nSPS) is 17.9. The summed E-state index contributed by atoms with van der Waals surface area (Å²) in [5.41, 5.74) is 2.80. The number of imide groups is 1. The van der Waals surface area contributed by atoms with Crippen molar-refractivity contribution >= 4 is 29.3 Å². The number of nitrogens with one attached hydrogen (secondary N) is 2. The molecule has 2 aromatic rings. The highest BCUT2D eigenvalue weighted by atomic mass is 16.5. The summed E-state index contributed by atoms with van der Waals surface area (Å²) >= 11 is 0. The van der Waals surface area contributed by atoms with Crippen molar-refractivity contribution in [2.24, 2.45) is 0 Å². The molecule has 1 atom stereocenters. The molecule has 2 aliphatic rings. The van der Waals surface area contributed by atoms with Crippen LogP contribution in [0.5, 0.6) is 5.75 Å². The van der Waals surface area contributed by atoms with Gasteiger partial charge in [0.05, 0.1) is 13.0 Å². The summed E-state index contributed by atoms with van der Waals surface area (Å²) in [5, 5.41) is 5.13. The van der Waals surface area contributed by atoms with Gasteiger partial charge < -0.3 is 15.0 Å². The minimum absolute atomic E-state index is 0.155. The Morgan fingerprint density at radius 3 is 2.68 bits per heavy atom. The van der Waals surface area contributed by atoms with Crippen molar-refractivity contribution in [3.05, 3.63) is 59.2 Å². The van der Waals surface area contributed by atoms with E-state index < -0.39 is 11.9 Å². The molecule has 160 valence electrons. The number of aryl methyl sites for hydroxylation is 1. The number of nitrogens with zero attached hydrogens (tertiary/aromatic N) is 1. The van der Waals surface area contributed by atoms with Gasteiger partial charge in [-0.05, 0) is 37.6 Å². The highest BCUT2D eigenvalue weighted by Crippen LogP contribution is 2.32. The SMILES string of the molecule is Cc1ccc(OCCC(=O)Nc2cccc3c2CN(C2CCC(=O)NC2=O)C3=O)cc1. The van der Waals surface area contributed by atoms with E-state index in [1.54, 1.807) is 18.2 Å². The van der Waals surface area contributed by atoms with Gasteiger partial charge in [-0.15, -0.1) is 0 Å². The van der Waals surface area contributed by atoms with Crippen LogP contribution in [0, 0.1) is 6.92 Å². The van der Waals surface area contributed by atoms with Gasteiger partial charge in [-0.2, -0.15) is 0 Å². The standard InChI is InChI=1S/C23H23N3O5/c1-14-5-7-15(8-6-14)31-12-11-21(28)24-18-4-2-3-16-17(18)13-26(23(16)30)19-9-10-20(27)25-22(19)29/h2-8,19H,9-13H2,1H3,(H,24,28)(H,25,27,29). The van der Waals surface area contributed by atoms with E-state index in [0.29, 0.717) is 29.0 Å². The van der Waals surface area contributed by atoms with Crippen molar-refractivity contribution in [2.75, 3.05) is 11.9 Å². The molecule has 4 rings (SSSR count). The first-order valence-electron chi connectivity index (χ1n) is 10.2. The lowest BCUT2D eigenvalue weighted by atomic mass is 10.0. The zero-order chi connectivity index (χ0) is 22.0. The van der Waals surface area contributed by atoms with E-state index in [9.17, 15) is 19.2 Å². The van der Waals surface area contributed by atoms with Crippen molar-refractivity contribution in [1.29, 1.82) is 0 Å². The van der Waals surface area contributed by atoms with Gasteiger partial charge in [-0.25, -0.2) is 0 Å². The lowest BCUT2D eigenvalue weighted by Gasteiger charge is -2.29. The molecule has 0 saturated carbocycles. The molecule has 2 aliphatic heterocycles. The number of ether oxygens (including phenoxy) is 1. The molecule has 0 bridgehead atoms. The van der Waals surface area contributed by atoms with Crippen LogP contribution < -0.4 is 15.4 Å². The average Bonchev–Trinajstić information content (AvgIpc) is 3.07. The quantitative estimate of drug-likeness (QED) is 0.696. The summed E-state index contributed by atoms with van der Waals surface area (Å²) < 4.78 is 5.60. The number of hydrogen-bond donors (Lipinski definition) is 2. The van der Waals surface area contributed by atoms with Crippen LogP contribution in [0.25, 0.3) is 0 Å². The number of amides is 4. The molecule has 2 heterocycles. The van der Waals surface area contributed by atoms with E-state index in [0.717, 1.165) is 5.56 Å². The number of anilines is 1. The number of rotatable bonds is 6. The number of carbonyl (C=O) groups is 4. The minimum Gasteiger partial charge on any atom is -0.493 e. The van der Waals surface area contributed by atoms with Gasteiger partial charge in [-0.1, -0.05) is 23.8 Å². The molecule has 1 saturated heterocycles. The minimum atomic E-state index is -0.691. The Morgan fingerprint density at radius 2 is 1.94 bits per heavy atom. The fraction of sp³-hybridized carbons (Fsp3) is 0.304. The van der Waals surface area contributed by atoms with Crippen LogP contribution in [0.2, 0.25) is 0 Å². The Hall–Kier alpha value is -3.68. The third kappa shape index (κ3) is 4.42. The summed E-state index contributed by atoms with van der Waals surface area (Å²) in [6, 6.07) is 12.0. The Bertz CT molecular complexity index is 1050. The molecular formula is C23H23N3O5. The number of carbonyl (C=O) groups excluding carboxylic acids is 4. The van der Waals surface area contributed by atoms with Gasteiger partial charge in [-0.3, -0.25) is 24.5 Å². The van der Waals surface area contributed by atoms with E-state index in [4.69, 9.17) is 4.74 Å². The van der Waals surface area contributed by atoms with Crippen molar-refractivity contribution in [2.45, 2.75) is 38.8 Å². The zero-order valence-electron chi connectivity index (χ0n) is 17.1. The molecule has 8 nitrogen and oxygen atoms in total. The molecule has 0 aliphatic carbocycles. The summed E-state index contributed by atoms with van der Waals surface area (Å²) in [6.07, 6.45) is 0.645. The summed E-state index contributed by atoms with van der Waals surface area (Å²) in [4.78, 5) is 50.3. The zero-order valence-corrected chi connectivity index (χ0v) is 17.1. The molecule has 1 fully saturated rings. The first-order chi connectivity index (χ1) is 14.9. The number of hydrogen-bond acceptors (Lipinski definition) is 5. The van der Waals surface area contributed by atoms with Crippen LogP contribution in [0.3, 0.4) is 0 Å². The second kappa shape index (κ2) is 8.59. The second-order valence-corrected chi connectivity index (χ2v) is 7.69. The predicted octanol–water partition coefficient (Wildman–Crippen LogP) is 2.16. The molecule has 0 aromatic heterocycles. The summed E-state index contributed by atoms with van der Waals surface area (Å²) in [6.45, 7) is 2.42. The third-order valence-electron chi connectivity index (χ3n) is 5.48. The molecule has 31 heavy (non-hydrogen) atoms. The van der Waals surface area contributed by atoms with Crippen molar-refractivity contribution in [1.82, 2.24) is 10.2 Å². The second-order valence-electron chi connectivity index (χ2n) is 7.69. The van der Waals surface area contributed by atoms with Crippen LogP contribution in [-0.2, 0) is 20.9 Å². The van der Waals surface area contributed by atoms with Gasteiger partial charge >= 0.3 is 0 Å². The summed E-state index contributed by atoms with van der Waals surface area (Å²) in [5.74, 6) is -0.595. The molecule has 2 N–H and O–H groups in total. The van der Waals surface area contributed by atoms with Crippen LogP contribution in [0.1, 0.15) is 40.7 Å². The van der Waals surface area contributed by atoms with Crippen LogP contribution in [0.15, 0.2) is 42.5 Å². The Kier molecular flexibility index (Phi) is 5.70. The molecule has 0 spiro atoms. The maximum Gasteiger partial charge on any atom is 0.255 e. The smallest absolute Gasteiger partial charge is 0.255 e. The number of fused-ring (bicyclic) bond motifs is 1. The van der Waals surface area contributed by atoms with Crippen LogP contribution in [-0.4, -0.2) is 41.2 Å². The van der Waals surface area contributed by atoms with E-state index in [1.807, 2.05) is 31.2 Å². The van der Waals surface area contributed by atoms with E-state index in [-0.39, 0.29) is 43.7 Å². The van der Waals surface area contributed by atoms with E-state index in [2.05, 4.69) is 10.6 Å². The van der Waals surface area contributed by atoms with Crippen molar-refractivity contribution < 1.29 is 23.9 Å². The highest BCUT2D eigenvalue weighted by Gasteiger charge is 2.39. The van der Waals surface area contributed by atoms with Gasteiger partial charge in [0.1, 0.15) is 11.8 Å². The largest absolute Gasteiger partial charge is 0.493 e. The van der Waals surface area contributed by atoms with E-state index >= 15 is 0 Å². The molecule has 2 aromatic carbocycles. The molecule has 0 radical (unpaired) electrons. The maximum atomic E-state index is 12.8. The first-order valence-corrected chi connectivity index (χ1v) is 10.2. The third-order valence-corrected chi connectivity index (χ3v) is 5.48. The van der Waals surface area contributed by atoms with Gasteiger partial charge in [0.2, 0.25) is 17.7 Å². The molecular weight excluding hydrogens is 398 g/mol. The van der Waals surface area contributed by atoms with Gasteiger partial charge in [0, 0.05) is 29.8 Å². The average molecular weight is 421 g/mol. The fourth-order valence-electron chi connectivity index (χ4n) is 3.81. The predicted molar refractivity (Wildman–Crippen MR) is 112 cm³/mol. The van der Waals surface area contributed by atoms with E-state index in [1.165, 1.54) is 4.90 Å². The fourth-order valence-corrected chi connectivity index (χ4v) is 3.81.